The fourth-order valence-electron chi connectivity index (χ4n) is 3.76. The van der Waals surface area contributed by atoms with Crippen molar-refractivity contribution in [3.63, 3.8) is 0 Å². The van der Waals surface area contributed by atoms with Crippen LogP contribution in [0.1, 0.15) is 31.9 Å². The monoisotopic (exact) mass is 374 g/mol. The summed E-state index contributed by atoms with van der Waals surface area (Å²) >= 11 is 0. The molecule has 0 radical (unpaired) electrons. The second-order valence-electron chi connectivity index (χ2n) is 7.33. The molecule has 0 spiro atoms. The van der Waals surface area contributed by atoms with Crippen LogP contribution in [-0.4, -0.2) is 37.3 Å². The highest BCUT2D eigenvalue weighted by Crippen LogP contribution is 2.21. The van der Waals surface area contributed by atoms with Crippen LogP contribution in [0.3, 0.4) is 0 Å². The van der Waals surface area contributed by atoms with Gasteiger partial charge in [-0.2, -0.15) is 0 Å². The number of benzene rings is 3. The molecule has 2 nitrogen and oxygen atoms in total. The molecule has 28 heavy (non-hydrogen) atoms. The second-order valence-corrected chi connectivity index (χ2v) is 7.33. The summed E-state index contributed by atoms with van der Waals surface area (Å²) in [6.07, 6.45) is 4.35. The van der Waals surface area contributed by atoms with Crippen molar-refractivity contribution in [2.24, 2.45) is 0 Å². The second kappa shape index (κ2) is 9.57. The van der Waals surface area contributed by atoms with E-state index >= 15 is 0 Å². The van der Waals surface area contributed by atoms with E-state index in [0.717, 1.165) is 43.0 Å². The van der Waals surface area contributed by atoms with Gasteiger partial charge in [-0.15, -0.1) is 0 Å². The summed E-state index contributed by atoms with van der Waals surface area (Å²) in [6.45, 7) is 12.1. The Kier molecular flexibility index (Phi) is 6.89. The molecule has 0 fully saturated rings. The summed E-state index contributed by atoms with van der Waals surface area (Å²) in [7, 11) is 0. The van der Waals surface area contributed by atoms with Crippen LogP contribution in [0.4, 0.5) is 0 Å². The molecule has 0 N–H and O–H groups in total. The van der Waals surface area contributed by atoms with Gasteiger partial charge in [-0.25, -0.2) is 0 Å². The highest BCUT2D eigenvalue weighted by molar-refractivity contribution is 5.92. The zero-order valence-electron chi connectivity index (χ0n) is 17.4. The van der Waals surface area contributed by atoms with E-state index in [1.54, 1.807) is 0 Å². The van der Waals surface area contributed by atoms with Crippen LogP contribution in [0, 0.1) is 0 Å². The minimum atomic E-state index is 0.765. The third-order valence-electron chi connectivity index (χ3n) is 6.01. The number of hydrogen-bond donors (Lipinski definition) is 0. The van der Waals surface area contributed by atoms with Gasteiger partial charge in [-0.3, -0.25) is 0 Å². The van der Waals surface area contributed by atoms with E-state index in [4.69, 9.17) is 4.74 Å². The van der Waals surface area contributed by atoms with Gasteiger partial charge in [0.15, 0.2) is 0 Å². The number of ether oxygens (including phenoxy) is 1. The van der Waals surface area contributed by atoms with E-state index in [0.29, 0.717) is 0 Å². The van der Waals surface area contributed by atoms with E-state index < -0.39 is 0 Å². The lowest BCUT2D eigenvalue weighted by Gasteiger charge is -2.35. The summed E-state index contributed by atoms with van der Waals surface area (Å²) in [6, 6.07) is 23.3. The third kappa shape index (κ3) is 4.82. The molecule has 0 unspecified atom stereocenters. The number of rotatable bonds is 9. The van der Waals surface area contributed by atoms with Crippen molar-refractivity contribution in [2.45, 2.75) is 20.8 Å². The predicted octanol–water partition coefficient (Wildman–Crippen LogP) is 6.27. The molecule has 0 aliphatic rings. The van der Waals surface area contributed by atoms with Crippen molar-refractivity contribution in [3.8, 4) is 5.75 Å². The van der Waals surface area contributed by atoms with Crippen molar-refractivity contribution >= 4 is 22.9 Å². The molecular weight excluding hydrogens is 342 g/mol. The Hall–Kier alpha value is -2.58. The minimum Gasteiger partial charge on any atom is -0.488 e. The molecule has 0 aromatic heterocycles. The number of likely N-dealkylation sites (N-methyl/N-ethyl adjacent to an activating group) is 1. The van der Waals surface area contributed by atoms with E-state index in [2.05, 4.69) is 99.7 Å². The van der Waals surface area contributed by atoms with Crippen LogP contribution in [0.5, 0.6) is 5.75 Å². The van der Waals surface area contributed by atoms with Crippen molar-refractivity contribution in [1.29, 1.82) is 0 Å². The SMILES string of the molecule is CC[N+](CC)(CC)CCOc1ccc(/C=C/c2cccc3ccccc23)cc1. The van der Waals surface area contributed by atoms with E-state index in [9.17, 15) is 0 Å². The molecule has 0 saturated heterocycles. The van der Waals surface area contributed by atoms with E-state index in [1.165, 1.54) is 21.9 Å². The maximum Gasteiger partial charge on any atom is 0.137 e. The molecule has 0 atom stereocenters. The van der Waals surface area contributed by atoms with E-state index in [-0.39, 0.29) is 0 Å². The zero-order chi connectivity index (χ0) is 19.8. The summed E-state index contributed by atoms with van der Waals surface area (Å²) in [4.78, 5) is 0. The van der Waals surface area contributed by atoms with Crippen LogP contribution < -0.4 is 4.74 Å². The van der Waals surface area contributed by atoms with Gasteiger partial charge in [0.25, 0.3) is 0 Å². The van der Waals surface area contributed by atoms with Gasteiger partial charge in [-0.05, 0) is 54.8 Å². The molecule has 146 valence electrons. The van der Waals surface area contributed by atoms with Gasteiger partial charge in [0, 0.05) is 0 Å². The first-order valence-corrected chi connectivity index (χ1v) is 10.4. The molecule has 2 heteroatoms. The lowest BCUT2D eigenvalue weighted by molar-refractivity contribution is -0.923. The maximum absolute atomic E-state index is 6.00. The van der Waals surface area contributed by atoms with Crippen LogP contribution in [0.25, 0.3) is 22.9 Å². The van der Waals surface area contributed by atoms with Gasteiger partial charge in [0.2, 0.25) is 0 Å². The Bertz CT molecular complexity index is 894. The number of fused-ring (bicyclic) bond motifs is 1. The Labute approximate surface area is 169 Å². The first-order valence-electron chi connectivity index (χ1n) is 10.4. The van der Waals surface area contributed by atoms with Gasteiger partial charge < -0.3 is 9.22 Å². The van der Waals surface area contributed by atoms with Gasteiger partial charge in [0.05, 0.1) is 19.6 Å². The summed E-state index contributed by atoms with van der Waals surface area (Å²) < 4.78 is 7.12. The molecular formula is C26H32NO+. The molecule has 0 bridgehead atoms. The first kappa shape index (κ1) is 20.2. The number of nitrogens with zero attached hydrogens (tertiary/aromatic N) is 1. The largest absolute Gasteiger partial charge is 0.488 e. The Morgan fingerprint density at radius 2 is 1.43 bits per heavy atom. The van der Waals surface area contributed by atoms with Crippen LogP contribution in [0.2, 0.25) is 0 Å². The fourth-order valence-corrected chi connectivity index (χ4v) is 3.76. The topological polar surface area (TPSA) is 9.23 Å². The first-order chi connectivity index (χ1) is 13.7. The zero-order valence-corrected chi connectivity index (χ0v) is 17.4. The molecule has 0 aliphatic heterocycles. The smallest absolute Gasteiger partial charge is 0.137 e. The normalized spacial score (nSPS) is 12.0. The quantitative estimate of drug-likeness (QED) is 0.317. The molecule has 3 aromatic carbocycles. The highest BCUT2D eigenvalue weighted by atomic mass is 16.5. The fraction of sp³-hybridized carbons (Fsp3) is 0.308. The van der Waals surface area contributed by atoms with Crippen molar-refractivity contribution in [2.75, 3.05) is 32.8 Å². The van der Waals surface area contributed by atoms with Crippen LogP contribution in [0.15, 0.2) is 66.7 Å². The Morgan fingerprint density at radius 1 is 0.750 bits per heavy atom. The average molecular weight is 375 g/mol. The molecule has 0 amide bonds. The molecule has 3 rings (SSSR count). The van der Waals surface area contributed by atoms with E-state index in [1.807, 2.05) is 0 Å². The minimum absolute atomic E-state index is 0.765. The third-order valence-corrected chi connectivity index (χ3v) is 6.01. The molecule has 0 saturated carbocycles. The highest BCUT2D eigenvalue weighted by Gasteiger charge is 2.20. The Balaban J connectivity index is 1.62. The average Bonchev–Trinajstić information content (AvgIpc) is 2.76. The number of quaternary nitrogens is 1. The molecule has 3 aromatic rings. The van der Waals surface area contributed by atoms with Gasteiger partial charge in [-0.1, -0.05) is 66.7 Å². The van der Waals surface area contributed by atoms with Crippen molar-refractivity contribution < 1.29 is 9.22 Å². The summed E-state index contributed by atoms with van der Waals surface area (Å²) in [5.41, 5.74) is 2.42. The van der Waals surface area contributed by atoms with Crippen LogP contribution >= 0.6 is 0 Å². The summed E-state index contributed by atoms with van der Waals surface area (Å²) in [5, 5.41) is 2.56. The van der Waals surface area contributed by atoms with Gasteiger partial charge in [0.1, 0.15) is 18.9 Å². The lowest BCUT2D eigenvalue weighted by atomic mass is 10.0. The van der Waals surface area contributed by atoms with Crippen molar-refractivity contribution in [1.82, 2.24) is 0 Å². The number of hydrogen-bond acceptors (Lipinski definition) is 1. The van der Waals surface area contributed by atoms with Crippen LogP contribution in [-0.2, 0) is 0 Å². The maximum atomic E-state index is 6.00. The van der Waals surface area contributed by atoms with Crippen molar-refractivity contribution in [3.05, 3.63) is 77.9 Å². The Morgan fingerprint density at radius 3 is 2.14 bits per heavy atom. The predicted molar refractivity (Wildman–Crippen MR) is 122 cm³/mol. The lowest BCUT2D eigenvalue weighted by Crippen LogP contribution is -2.49. The standard InChI is InChI=1S/C26H32NO/c1-4-27(5-2,6-3)20-21-28-25-18-15-22(16-19-25)14-17-24-12-9-11-23-10-7-8-13-26(23)24/h7-19H,4-6,20-21H2,1-3H3/q+1/b17-14+. The molecule has 0 heterocycles. The summed E-state index contributed by atoms with van der Waals surface area (Å²) in [5.74, 6) is 0.948. The van der Waals surface area contributed by atoms with Gasteiger partial charge >= 0.3 is 0 Å². The molecule has 0 aliphatic carbocycles.